The lowest BCUT2D eigenvalue weighted by atomic mass is 9.97. The minimum atomic E-state index is -4.40. The van der Waals surface area contributed by atoms with Gasteiger partial charge < -0.3 is 14.2 Å². The summed E-state index contributed by atoms with van der Waals surface area (Å²) in [5, 5.41) is 0.869. The van der Waals surface area contributed by atoms with E-state index in [0.717, 1.165) is 61.1 Å². The van der Waals surface area contributed by atoms with Crippen molar-refractivity contribution in [1.82, 2.24) is 14.5 Å². The van der Waals surface area contributed by atoms with E-state index in [1.165, 1.54) is 13.0 Å². The minimum absolute atomic E-state index is 0.205. The molecule has 3 aromatic rings. The van der Waals surface area contributed by atoms with Crippen molar-refractivity contribution in [2.24, 2.45) is 4.99 Å². The van der Waals surface area contributed by atoms with Gasteiger partial charge in [0.25, 0.3) is 0 Å². The van der Waals surface area contributed by atoms with E-state index in [4.69, 9.17) is 19.7 Å². The Morgan fingerprint density at radius 2 is 1.94 bits per heavy atom. The molecular weight excluding hydrogens is 431 g/mol. The van der Waals surface area contributed by atoms with Crippen LogP contribution in [-0.2, 0) is 23.9 Å². The van der Waals surface area contributed by atoms with Crippen LogP contribution in [0, 0.1) is 6.92 Å². The predicted molar refractivity (Wildman–Crippen MR) is 119 cm³/mol. The molecule has 2 aliphatic rings. The van der Waals surface area contributed by atoms with E-state index in [0.29, 0.717) is 24.3 Å². The highest BCUT2D eigenvalue weighted by molar-refractivity contribution is 5.80. The van der Waals surface area contributed by atoms with Gasteiger partial charge in [-0.1, -0.05) is 12.1 Å². The van der Waals surface area contributed by atoms with Crippen LogP contribution in [0.5, 0.6) is 0 Å². The first-order valence-electron chi connectivity index (χ1n) is 11.3. The second-order valence-electron chi connectivity index (χ2n) is 8.59. The van der Waals surface area contributed by atoms with E-state index >= 15 is 0 Å². The van der Waals surface area contributed by atoms with Crippen molar-refractivity contribution < 1.29 is 17.9 Å². The van der Waals surface area contributed by atoms with Crippen molar-refractivity contribution in [2.45, 2.75) is 45.5 Å². The van der Waals surface area contributed by atoms with E-state index < -0.39 is 17.8 Å². The van der Waals surface area contributed by atoms with E-state index in [1.807, 2.05) is 19.2 Å². The van der Waals surface area contributed by atoms with Crippen molar-refractivity contribution in [3.8, 4) is 0 Å². The number of pyridine rings is 1. The number of hydrogen-bond donors (Lipinski definition) is 0. The maximum atomic E-state index is 13.4. The summed E-state index contributed by atoms with van der Waals surface area (Å²) >= 11 is 0. The Morgan fingerprint density at radius 3 is 2.70 bits per heavy atom. The average molecular weight is 458 g/mol. The van der Waals surface area contributed by atoms with Crippen LogP contribution in [-0.4, -0.2) is 40.8 Å². The van der Waals surface area contributed by atoms with Crippen LogP contribution in [0.15, 0.2) is 35.5 Å². The summed E-state index contributed by atoms with van der Waals surface area (Å²) in [7, 11) is 0. The summed E-state index contributed by atoms with van der Waals surface area (Å²) in [6.07, 6.45) is -0.677. The Hall–Kier alpha value is -2.94. The largest absolute Gasteiger partial charge is 0.416 e. The molecule has 1 fully saturated rings. The number of aryl methyl sites for hydroxylation is 2. The number of rotatable bonds is 3. The monoisotopic (exact) mass is 457 g/mol. The summed E-state index contributed by atoms with van der Waals surface area (Å²) < 4.78 is 47.9. The van der Waals surface area contributed by atoms with Crippen LogP contribution in [0.4, 0.5) is 19.0 Å². The van der Waals surface area contributed by atoms with Crippen LogP contribution in [0.2, 0.25) is 0 Å². The van der Waals surface area contributed by atoms with Crippen molar-refractivity contribution in [1.29, 1.82) is 0 Å². The zero-order chi connectivity index (χ0) is 23.2. The Bertz CT molecular complexity index is 1260. The quantitative estimate of drug-likeness (QED) is 0.592. The molecule has 1 saturated heterocycles. The van der Waals surface area contributed by atoms with Crippen LogP contribution >= 0.6 is 0 Å². The molecule has 0 bridgehead atoms. The van der Waals surface area contributed by atoms with Gasteiger partial charge in [0.05, 0.1) is 36.5 Å². The van der Waals surface area contributed by atoms with Crippen LogP contribution in [0.25, 0.3) is 10.9 Å². The number of aromatic nitrogens is 3. The van der Waals surface area contributed by atoms with Crippen LogP contribution in [0.1, 0.15) is 41.9 Å². The number of halogens is 3. The molecule has 1 atom stereocenters. The fraction of sp³-hybridized carbons (Fsp3) is 0.458. The molecule has 2 aliphatic heterocycles. The lowest BCUT2D eigenvalue weighted by Gasteiger charge is -2.28. The predicted octanol–water partition coefficient (Wildman–Crippen LogP) is 4.20. The lowest BCUT2D eigenvalue weighted by molar-refractivity contribution is -0.138. The number of morpholine rings is 1. The van der Waals surface area contributed by atoms with Gasteiger partial charge in [0.1, 0.15) is 11.6 Å². The molecule has 0 amide bonds. The Morgan fingerprint density at radius 1 is 1.15 bits per heavy atom. The molecule has 6 nitrogen and oxygen atoms in total. The third-order valence-electron chi connectivity index (χ3n) is 6.51. The SMILES string of the molecule is Cc1c([C@@H](C)N=c2nc3n(c4cnc(N5CCOCC5)cc24)CCC3)cccc1C(F)(F)F. The van der Waals surface area contributed by atoms with Gasteiger partial charge in [-0.05, 0) is 43.5 Å². The van der Waals surface area contributed by atoms with Crippen molar-refractivity contribution in [2.75, 3.05) is 31.2 Å². The summed E-state index contributed by atoms with van der Waals surface area (Å²) in [6.45, 7) is 7.03. The number of hydrogen-bond acceptors (Lipinski definition) is 5. The van der Waals surface area contributed by atoms with Crippen molar-refractivity contribution in [3.63, 3.8) is 0 Å². The molecule has 33 heavy (non-hydrogen) atoms. The van der Waals surface area contributed by atoms with Crippen LogP contribution < -0.4 is 10.4 Å². The maximum Gasteiger partial charge on any atom is 0.416 e. The molecule has 0 unspecified atom stereocenters. The number of alkyl halides is 3. The third-order valence-corrected chi connectivity index (χ3v) is 6.51. The zero-order valence-corrected chi connectivity index (χ0v) is 18.7. The van der Waals surface area contributed by atoms with Gasteiger partial charge in [-0.3, -0.25) is 4.99 Å². The van der Waals surface area contributed by atoms with Gasteiger partial charge in [0.2, 0.25) is 0 Å². The summed E-state index contributed by atoms with van der Waals surface area (Å²) in [5.41, 5.74) is 1.65. The second-order valence-corrected chi connectivity index (χ2v) is 8.59. The minimum Gasteiger partial charge on any atom is -0.378 e. The maximum absolute atomic E-state index is 13.4. The Balaban J connectivity index is 1.65. The topological polar surface area (TPSA) is 55.5 Å². The fourth-order valence-electron chi connectivity index (χ4n) is 4.78. The lowest BCUT2D eigenvalue weighted by Crippen LogP contribution is -2.36. The number of nitrogens with zero attached hydrogens (tertiary/aromatic N) is 5. The van der Waals surface area contributed by atoms with E-state index in [1.54, 1.807) is 6.07 Å². The van der Waals surface area contributed by atoms with Gasteiger partial charge in [-0.15, -0.1) is 0 Å². The van der Waals surface area contributed by atoms with Gasteiger partial charge in [0, 0.05) is 31.4 Å². The summed E-state index contributed by atoms with van der Waals surface area (Å²) in [6, 6.07) is 5.80. The molecule has 2 aromatic heterocycles. The molecule has 174 valence electrons. The molecule has 0 saturated carbocycles. The molecule has 0 radical (unpaired) electrons. The van der Waals surface area contributed by atoms with E-state index in [-0.39, 0.29) is 5.56 Å². The highest BCUT2D eigenvalue weighted by Crippen LogP contribution is 2.35. The van der Waals surface area contributed by atoms with Gasteiger partial charge in [-0.25, -0.2) is 9.97 Å². The number of benzene rings is 1. The summed E-state index contributed by atoms with van der Waals surface area (Å²) in [5.74, 6) is 1.78. The standard InChI is InChI=1S/C24H26F3N5O/c1-15-17(5-3-6-19(15)24(25,26)27)16(2)29-23-18-13-22(31-9-11-33-12-10-31)28-14-20(18)32-8-4-7-21(32)30-23/h3,5-6,13-14,16H,4,7-12H2,1-2H3/t16-/m1/s1. The highest BCUT2D eigenvalue weighted by atomic mass is 19.4. The highest BCUT2D eigenvalue weighted by Gasteiger charge is 2.33. The zero-order valence-electron chi connectivity index (χ0n) is 18.7. The fourth-order valence-corrected chi connectivity index (χ4v) is 4.78. The molecule has 0 spiro atoms. The number of anilines is 1. The van der Waals surface area contributed by atoms with E-state index in [9.17, 15) is 13.2 Å². The van der Waals surface area contributed by atoms with Gasteiger partial charge in [-0.2, -0.15) is 13.2 Å². The molecule has 1 aromatic carbocycles. The second kappa shape index (κ2) is 8.44. The first-order valence-corrected chi connectivity index (χ1v) is 11.3. The molecule has 5 rings (SSSR count). The van der Waals surface area contributed by atoms with Crippen LogP contribution in [0.3, 0.4) is 0 Å². The normalized spacial score (nSPS) is 18.1. The molecule has 0 aliphatic carbocycles. The average Bonchev–Trinajstić information content (AvgIpc) is 3.27. The van der Waals surface area contributed by atoms with Gasteiger partial charge in [0.15, 0.2) is 5.49 Å². The van der Waals surface area contributed by atoms with Crippen molar-refractivity contribution >= 4 is 16.7 Å². The molecule has 9 heteroatoms. The number of fused-ring (bicyclic) bond motifs is 3. The first-order chi connectivity index (χ1) is 15.8. The smallest absolute Gasteiger partial charge is 0.378 e. The molecular formula is C24H26F3N5O. The van der Waals surface area contributed by atoms with E-state index in [2.05, 4.69) is 9.47 Å². The molecule has 0 N–H and O–H groups in total. The first kappa shape index (κ1) is 21.9. The van der Waals surface area contributed by atoms with Crippen molar-refractivity contribution in [3.05, 3.63) is 58.5 Å². The van der Waals surface area contributed by atoms with Gasteiger partial charge >= 0.3 is 6.18 Å². The third kappa shape index (κ3) is 4.10. The Kier molecular flexibility index (Phi) is 5.60. The Labute approximate surface area is 189 Å². The number of ether oxygens (including phenoxy) is 1. The molecule has 4 heterocycles. The summed E-state index contributed by atoms with van der Waals surface area (Å²) in [4.78, 5) is 16.5.